The van der Waals surface area contributed by atoms with Crippen molar-refractivity contribution in [1.29, 1.82) is 0 Å². The fourth-order valence-corrected chi connectivity index (χ4v) is 4.42. The lowest BCUT2D eigenvalue weighted by molar-refractivity contribution is -0.119. The van der Waals surface area contributed by atoms with Crippen LogP contribution in [-0.4, -0.2) is 5.78 Å². The fourth-order valence-electron chi connectivity index (χ4n) is 3.89. The van der Waals surface area contributed by atoms with E-state index in [0.29, 0.717) is 28.8 Å². The summed E-state index contributed by atoms with van der Waals surface area (Å²) in [6.45, 7) is 0. The zero-order valence-corrected chi connectivity index (χ0v) is 12.4. The van der Waals surface area contributed by atoms with Gasteiger partial charge in [0.15, 0.2) is 0 Å². The van der Waals surface area contributed by atoms with Crippen LogP contribution in [0.1, 0.15) is 37.7 Å². The van der Waals surface area contributed by atoms with Gasteiger partial charge in [-0.05, 0) is 54.7 Å². The van der Waals surface area contributed by atoms with Crippen LogP contribution in [0, 0.1) is 17.8 Å². The molecule has 1 nitrogen and oxygen atoms in total. The van der Waals surface area contributed by atoms with E-state index >= 15 is 0 Å². The molecule has 2 fully saturated rings. The topological polar surface area (TPSA) is 17.1 Å². The lowest BCUT2D eigenvalue weighted by atomic mass is 9.84. The fraction of sp³-hybridized carbons (Fsp3) is 0.562. The maximum absolute atomic E-state index is 12.2. The Balaban J connectivity index is 1.62. The largest absolute Gasteiger partial charge is 0.299 e. The van der Waals surface area contributed by atoms with Crippen molar-refractivity contribution in [2.45, 2.75) is 38.5 Å². The molecule has 1 aromatic rings. The summed E-state index contributed by atoms with van der Waals surface area (Å²) in [5.41, 5.74) is 0.791. The lowest BCUT2D eigenvalue weighted by Gasteiger charge is -2.20. The van der Waals surface area contributed by atoms with Crippen molar-refractivity contribution in [2.24, 2.45) is 17.8 Å². The van der Waals surface area contributed by atoms with E-state index in [2.05, 4.69) is 0 Å². The van der Waals surface area contributed by atoms with Gasteiger partial charge in [-0.1, -0.05) is 35.7 Å². The summed E-state index contributed by atoms with van der Waals surface area (Å²) >= 11 is 12.2. The molecule has 0 radical (unpaired) electrons. The van der Waals surface area contributed by atoms with E-state index in [1.165, 1.54) is 25.7 Å². The van der Waals surface area contributed by atoms with Crippen LogP contribution in [0.25, 0.3) is 0 Å². The number of ketones is 1. The highest BCUT2D eigenvalue weighted by molar-refractivity contribution is 6.36. The minimum Gasteiger partial charge on any atom is -0.299 e. The molecule has 19 heavy (non-hydrogen) atoms. The Morgan fingerprint density at radius 2 is 1.89 bits per heavy atom. The van der Waals surface area contributed by atoms with Gasteiger partial charge in [0.05, 0.1) is 0 Å². The van der Waals surface area contributed by atoms with Crippen LogP contribution in [0.5, 0.6) is 0 Å². The van der Waals surface area contributed by atoms with E-state index in [0.717, 1.165) is 17.4 Å². The number of Topliss-reactive ketones (excluding diaryl/α,β-unsaturated/α-hetero) is 1. The van der Waals surface area contributed by atoms with E-state index < -0.39 is 0 Å². The summed E-state index contributed by atoms with van der Waals surface area (Å²) in [5, 5.41) is 1.21. The second kappa shape index (κ2) is 5.46. The van der Waals surface area contributed by atoms with Crippen LogP contribution < -0.4 is 0 Å². The minimum atomic E-state index is 0.285. The number of halogens is 2. The van der Waals surface area contributed by atoms with Gasteiger partial charge >= 0.3 is 0 Å². The number of hydrogen-bond donors (Lipinski definition) is 0. The molecule has 1 aromatic carbocycles. The van der Waals surface area contributed by atoms with Gasteiger partial charge in [-0.15, -0.1) is 0 Å². The number of carbonyl (C=O) groups excluding carboxylic acids is 1. The molecule has 0 amide bonds. The lowest BCUT2D eigenvalue weighted by Crippen LogP contribution is -2.16. The molecule has 102 valence electrons. The van der Waals surface area contributed by atoms with Crippen molar-refractivity contribution in [1.82, 2.24) is 0 Å². The van der Waals surface area contributed by atoms with Gasteiger partial charge in [0.1, 0.15) is 5.78 Å². The van der Waals surface area contributed by atoms with Crippen molar-refractivity contribution in [2.75, 3.05) is 0 Å². The third-order valence-electron chi connectivity index (χ3n) is 4.81. The van der Waals surface area contributed by atoms with Gasteiger partial charge in [-0.3, -0.25) is 4.79 Å². The predicted molar refractivity (Wildman–Crippen MR) is 78.7 cm³/mol. The van der Waals surface area contributed by atoms with E-state index in [1.807, 2.05) is 6.07 Å². The van der Waals surface area contributed by atoms with Crippen molar-refractivity contribution in [3.8, 4) is 0 Å². The second-order valence-electron chi connectivity index (χ2n) is 6.05. The molecule has 0 spiro atoms. The Bertz CT molecular complexity index is 477. The normalized spacial score (nSPS) is 28.8. The second-order valence-corrected chi connectivity index (χ2v) is 6.87. The third kappa shape index (κ3) is 2.83. The van der Waals surface area contributed by atoms with Gasteiger partial charge in [0, 0.05) is 22.9 Å². The first-order valence-electron chi connectivity index (χ1n) is 7.08. The average molecular weight is 297 g/mol. The summed E-state index contributed by atoms with van der Waals surface area (Å²) in [4.78, 5) is 12.2. The van der Waals surface area contributed by atoms with E-state index in [-0.39, 0.29) is 5.78 Å². The molecule has 0 N–H and O–H groups in total. The molecular weight excluding hydrogens is 279 g/mol. The highest BCUT2D eigenvalue weighted by Gasteiger charge is 2.39. The molecule has 0 heterocycles. The third-order valence-corrected chi connectivity index (χ3v) is 5.52. The molecule has 2 saturated carbocycles. The number of hydrogen-bond acceptors (Lipinski definition) is 1. The first-order chi connectivity index (χ1) is 9.13. The minimum absolute atomic E-state index is 0.285. The Kier molecular flexibility index (Phi) is 3.86. The van der Waals surface area contributed by atoms with Crippen molar-refractivity contribution >= 4 is 29.0 Å². The summed E-state index contributed by atoms with van der Waals surface area (Å²) < 4.78 is 0. The van der Waals surface area contributed by atoms with E-state index in [9.17, 15) is 4.79 Å². The zero-order valence-electron chi connectivity index (χ0n) is 10.9. The SMILES string of the molecule is O=C(Cc1c(Cl)cccc1Cl)CC1CC2CCC1C2. The van der Waals surface area contributed by atoms with Crippen LogP contribution in [0.15, 0.2) is 18.2 Å². The molecule has 0 aliphatic heterocycles. The zero-order chi connectivity index (χ0) is 13.4. The first kappa shape index (κ1) is 13.5. The molecule has 2 aliphatic carbocycles. The number of fused-ring (bicyclic) bond motifs is 2. The Hall–Kier alpha value is -0.530. The molecular formula is C16H18Cl2O. The Morgan fingerprint density at radius 3 is 2.47 bits per heavy atom. The smallest absolute Gasteiger partial charge is 0.137 e. The van der Waals surface area contributed by atoms with Crippen LogP contribution in [0.2, 0.25) is 10.0 Å². The predicted octanol–water partition coefficient (Wildman–Crippen LogP) is 4.93. The molecule has 3 unspecified atom stereocenters. The van der Waals surface area contributed by atoms with Gasteiger partial charge in [-0.25, -0.2) is 0 Å². The van der Waals surface area contributed by atoms with Crippen molar-refractivity contribution in [3.63, 3.8) is 0 Å². The Morgan fingerprint density at radius 1 is 1.16 bits per heavy atom. The molecule has 3 atom stereocenters. The van der Waals surface area contributed by atoms with Gasteiger partial charge in [-0.2, -0.15) is 0 Å². The maximum atomic E-state index is 12.2. The standard InChI is InChI=1S/C16H18Cl2O/c17-15-2-1-3-16(18)14(15)9-13(19)8-12-7-10-4-5-11(12)6-10/h1-3,10-12H,4-9H2. The van der Waals surface area contributed by atoms with Crippen LogP contribution in [0.4, 0.5) is 0 Å². The van der Waals surface area contributed by atoms with Crippen LogP contribution >= 0.6 is 23.2 Å². The Labute approximate surface area is 124 Å². The molecule has 3 heteroatoms. The van der Waals surface area contributed by atoms with E-state index in [1.54, 1.807) is 12.1 Å². The van der Waals surface area contributed by atoms with Crippen molar-refractivity contribution in [3.05, 3.63) is 33.8 Å². The summed E-state index contributed by atoms with van der Waals surface area (Å²) in [5.74, 6) is 2.60. The maximum Gasteiger partial charge on any atom is 0.137 e. The quantitative estimate of drug-likeness (QED) is 0.770. The summed E-state index contributed by atoms with van der Waals surface area (Å²) in [6.07, 6.45) is 6.41. The van der Waals surface area contributed by atoms with E-state index in [4.69, 9.17) is 23.2 Å². The number of rotatable bonds is 4. The highest BCUT2D eigenvalue weighted by Crippen LogP contribution is 2.49. The summed E-state index contributed by atoms with van der Waals surface area (Å²) in [6, 6.07) is 5.41. The molecule has 2 bridgehead atoms. The molecule has 2 aliphatic rings. The van der Waals surface area contributed by atoms with Crippen LogP contribution in [0.3, 0.4) is 0 Å². The van der Waals surface area contributed by atoms with Crippen molar-refractivity contribution < 1.29 is 4.79 Å². The van der Waals surface area contributed by atoms with Gasteiger partial charge < -0.3 is 0 Å². The average Bonchev–Trinajstić information content (AvgIpc) is 2.96. The first-order valence-corrected chi connectivity index (χ1v) is 7.83. The molecule has 0 saturated heterocycles. The summed E-state index contributed by atoms with van der Waals surface area (Å²) in [7, 11) is 0. The highest BCUT2D eigenvalue weighted by atomic mass is 35.5. The number of carbonyl (C=O) groups is 1. The molecule has 3 rings (SSSR count). The van der Waals surface area contributed by atoms with Gasteiger partial charge in [0.2, 0.25) is 0 Å². The monoisotopic (exact) mass is 296 g/mol. The molecule has 0 aromatic heterocycles. The van der Waals surface area contributed by atoms with Gasteiger partial charge in [0.25, 0.3) is 0 Å². The van der Waals surface area contributed by atoms with Crippen LogP contribution in [-0.2, 0) is 11.2 Å². The number of benzene rings is 1.